The lowest BCUT2D eigenvalue weighted by Gasteiger charge is -2.10. The summed E-state index contributed by atoms with van der Waals surface area (Å²) in [5.74, 6) is 5.05. The summed E-state index contributed by atoms with van der Waals surface area (Å²) in [6, 6.07) is 6.81. The molecule has 0 heterocycles. The highest BCUT2D eigenvalue weighted by atomic mass is 32.2. The number of rotatable bonds is 4. The fourth-order valence-corrected chi connectivity index (χ4v) is 1.97. The smallest absolute Gasteiger partial charge is 0.175 e. The van der Waals surface area contributed by atoms with Crippen LogP contribution in [0, 0.1) is 0 Å². The first-order chi connectivity index (χ1) is 6.95. The third kappa shape index (κ3) is 3.30. The molecule has 1 rings (SSSR count). The van der Waals surface area contributed by atoms with Gasteiger partial charge in [-0.15, -0.1) is 0 Å². The average molecular weight is 229 g/mol. The van der Waals surface area contributed by atoms with Gasteiger partial charge in [0.2, 0.25) is 0 Å². The van der Waals surface area contributed by atoms with Gasteiger partial charge in [0, 0.05) is 12.2 Å². The molecule has 5 heteroatoms. The number of sulfone groups is 1. The summed E-state index contributed by atoms with van der Waals surface area (Å²) in [6.07, 6.45) is 1.19. The second-order valence-corrected chi connectivity index (χ2v) is 5.59. The Morgan fingerprint density at radius 3 is 2.67 bits per heavy atom. The third-order valence-corrected chi connectivity index (χ3v) is 3.31. The summed E-state index contributed by atoms with van der Waals surface area (Å²) in [5.41, 5.74) is 0.906. The predicted molar refractivity (Wildman–Crippen MR) is 58.1 cm³/mol. The van der Waals surface area contributed by atoms with Gasteiger partial charge in [0.25, 0.3) is 0 Å². The maximum atomic E-state index is 11.3. The Balaban J connectivity index is 3.03. The summed E-state index contributed by atoms with van der Waals surface area (Å²) >= 11 is 0. The minimum Gasteiger partial charge on any atom is -0.304 e. The predicted octanol–water partition coefficient (Wildman–Crippen LogP) is 1.08. The molecule has 0 aliphatic carbocycles. The Labute approximate surface area is 89.9 Å². The van der Waals surface area contributed by atoms with Crippen LogP contribution in [0.15, 0.2) is 29.2 Å². The SMILES string of the molecule is CC(CON)c1cccc(S(C)(=O)=O)c1. The number of nitrogens with two attached hydrogens (primary N) is 1. The molecule has 0 saturated carbocycles. The molecule has 0 radical (unpaired) electrons. The zero-order chi connectivity index (χ0) is 11.5. The van der Waals surface area contributed by atoms with Crippen molar-refractivity contribution < 1.29 is 13.3 Å². The highest BCUT2D eigenvalue weighted by Crippen LogP contribution is 2.19. The summed E-state index contributed by atoms with van der Waals surface area (Å²) in [6.45, 7) is 2.29. The Bertz CT molecular complexity index is 428. The highest BCUT2D eigenvalue weighted by Gasteiger charge is 2.10. The van der Waals surface area contributed by atoms with Crippen LogP contribution in [0.5, 0.6) is 0 Å². The van der Waals surface area contributed by atoms with Gasteiger partial charge < -0.3 is 4.84 Å². The normalized spacial score (nSPS) is 13.8. The van der Waals surface area contributed by atoms with Crippen molar-refractivity contribution in [2.45, 2.75) is 17.7 Å². The molecule has 1 aromatic carbocycles. The fourth-order valence-electron chi connectivity index (χ4n) is 1.29. The molecule has 84 valence electrons. The molecule has 0 spiro atoms. The van der Waals surface area contributed by atoms with Crippen LogP contribution >= 0.6 is 0 Å². The number of hydrogen-bond donors (Lipinski definition) is 1. The van der Waals surface area contributed by atoms with Gasteiger partial charge in [0.15, 0.2) is 9.84 Å². The first-order valence-electron chi connectivity index (χ1n) is 4.57. The quantitative estimate of drug-likeness (QED) is 0.784. The molecule has 2 N–H and O–H groups in total. The van der Waals surface area contributed by atoms with E-state index in [9.17, 15) is 8.42 Å². The van der Waals surface area contributed by atoms with E-state index in [1.165, 1.54) is 6.26 Å². The van der Waals surface area contributed by atoms with Crippen LogP contribution in [0.1, 0.15) is 18.4 Å². The van der Waals surface area contributed by atoms with E-state index in [1.54, 1.807) is 18.2 Å². The van der Waals surface area contributed by atoms with E-state index in [0.29, 0.717) is 11.5 Å². The average Bonchev–Trinajstić information content (AvgIpc) is 2.17. The number of hydrogen-bond acceptors (Lipinski definition) is 4. The Hall–Kier alpha value is -0.910. The molecule has 0 bridgehead atoms. The molecule has 0 aromatic heterocycles. The van der Waals surface area contributed by atoms with Crippen molar-refractivity contribution in [3.63, 3.8) is 0 Å². The molecule has 0 saturated heterocycles. The lowest BCUT2D eigenvalue weighted by atomic mass is 10.0. The molecule has 1 unspecified atom stereocenters. The second-order valence-electron chi connectivity index (χ2n) is 3.58. The van der Waals surface area contributed by atoms with Gasteiger partial charge in [0.05, 0.1) is 11.5 Å². The van der Waals surface area contributed by atoms with Crippen molar-refractivity contribution in [1.82, 2.24) is 0 Å². The second kappa shape index (κ2) is 4.74. The van der Waals surface area contributed by atoms with Gasteiger partial charge in [-0.1, -0.05) is 19.1 Å². The van der Waals surface area contributed by atoms with E-state index in [0.717, 1.165) is 5.56 Å². The molecule has 1 atom stereocenters. The van der Waals surface area contributed by atoms with Crippen LogP contribution < -0.4 is 5.90 Å². The highest BCUT2D eigenvalue weighted by molar-refractivity contribution is 7.90. The largest absolute Gasteiger partial charge is 0.304 e. The minimum atomic E-state index is -3.15. The van der Waals surface area contributed by atoms with Crippen molar-refractivity contribution in [3.05, 3.63) is 29.8 Å². The van der Waals surface area contributed by atoms with Crippen LogP contribution in [0.2, 0.25) is 0 Å². The molecular formula is C10H15NO3S. The summed E-state index contributed by atoms with van der Waals surface area (Å²) < 4.78 is 22.6. The van der Waals surface area contributed by atoms with Crippen molar-refractivity contribution >= 4 is 9.84 Å². The molecule has 4 nitrogen and oxygen atoms in total. The van der Waals surface area contributed by atoms with E-state index in [-0.39, 0.29) is 5.92 Å². The summed E-state index contributed by atoms with van der Waals surface area (Å²) in [5, 5.41) is 0. The van der Waals surface area contributed by atoms with Crippen molar-refractivity contribution in [2.24, 2.45) is 5.90 Å². The van der Waals surface area contributed by atoms with E-state index in [4.69, 9.17) is 5.90 Å². The Morgan fingerprint density at radius 2 is 2.13 bits per heavy atom. The summed E-state index contributed by atoms with van der Waals surface area (Å²) in [7, 11) is -3.15. The maximum absolute atomic E-state index is 11.3. The topological polar surface area (TPSA) is 69.4 Å². The maximum Gasteiger partial charge on any atom is 0.175 e. The van der Waals surface area contributed by atoms with Crippen LogP contribution in [-0.2, 0) is 14.7 Å². The molecule has 0 fully saturated rings. The Kier molecular flexibility index (Phi) is 3.84. The fraction of sp³-hybridized carbons (Fsp3) is 0.400. The standard InChI is InChI=1S/C10H15NO3S/c1-8(7-14-11)9-4-3-5-10(6-9)15(2,12)13/h3-6,8H,7,11H2,1-2H3. The molecule has 0 aliphatic rings. The van der Waals surface area contributed by atoms with E-state index >= 15 is 0 Å². The van der Waals surface area contributed by atoms with Gasteiger partial charge >= 0.3 is 0 Å². The van der Waals surface area contributed by atoms with Crippen molar-refractivity contribution in [1.29, 1.82) is 0 Å². The van der Waals surface area contributed by atoms with Crippen LogP contribution in [0.3, 0.4) is 0 Å². The van der Waals surface area contributed by atoms with Gasteiger partial charge in [0.1, 0.15) is 0 Å². The van der Waals surface area contributed by atoms with E-state index in [2.05, 4.69) is 4.84 Å². The van der Waals surface area contributed by atoms with Crippen LogP contribution in [0.4, 0.5) is 0 Å². The zero-order valence-corrected chi connectivity index (χ0v) is 9.62. The third-order valence-electron chi connectivity index (χ3n) is 2.20. The lowest BCUT2D eigenvalue weighted by Crippen LogP contribution is -2.09. The molecule has 15 heavy (non-hydrogen) atoms. The molecular weight excluding hydrogens is 214 g/mol. The lowest BCUT2D eigenvalue weighted by molar-refractivity contribution is 0.126. The molecule has 0 amide bonds. The van der Waals surface area contributed by atoms with Crippen LogP contribution in [0.25, 0.3) is 0 Å². The molecule has 1 aromatic rings. The zero-order valence-electron chi connectivity index (χ0n) is 8.80. The monoisotopic (exact) mass is 229 g/mol. The van der Waals surface area contributed by atoms with Gasteiger partial charge in [-0.3, -0.25) is 0 Å². The van der Waals surface area contributed by atoms with Gasteiger partial charge in [-0.05, 0) is 17.7 Å². The van der Waals surface area contributed by atoms with E-state index in [1.807, 2.05) is 13.0 Å². The van der Waals surface area contributed by atoms with Gasteiger partial charge in [-0.2, -0.15) is 0 Å². The van der Waals surface area contributed by atoms with Crippen molar-refractivity contribution in [3.8, 4) is 0 Å². The first kappa shape index (κ1) is 12.2. The number of benzene rings is 1. The minimum absolute atomic E-state index is 0.0803. The molecule has 0 aliphatic heterocycles. The Morgan fingerprint density at radius 1 is 1.47 bits per heavy atom. The van der Waals surface area contributed by atoms with Crippen LogP contribution in [-0.4, -0.2) is 21.3 Å². The summed E-state index contributed by atoms with van der Waals surface area (Å²) in [4.78, 5) is 4.86. The van der Waals surface area contributed by atoms with Gasteiger partial charge in [-0.25, -0.2) is 14.3 Å². The van der Waals surface area contributed by atoms with E-state index < -0.39 is 9.84 Å². The van der Waals surface area contributed by atoms with Crippen molar-refractivity contribution in [2.75, 3.05) is 12.9 Å². The first-order valence-corrected chi connectivity index (χ1v) is 6.46.